The minimum absolute atomic E-state index is 0.551. The van der Waals surface area contributed by atoms with E-state index in [0.717, 1.165) is 28.0 Å². The van der Waals surface area contributed by atoms with Gasteiger partial charge in [0.2, 0.25) is 0 Å². The largest absolute Gasteiger partial charge is 0.378 e. The number of nitrogens with one attached hydrogen (secondary N) is 1. The predicted octanol–water partition coefficient (Wildman–Crippen LogP) is 4.17. The van der Waals surface area contributed by atoms with Crippen LogP contribution >= 0.6 is 11.6 Å². The molecule has 26 heavy (non-hydrogen) atoms. The lowest BCUT2D eigenvalue weighted by Crippen LogP contribution is -2.11. The van der Waals surface area contributed by atoms with E-state index in [4.69, 9.17) is 11.6 Å². The van der Waals surface area contributed by atoms with Gasteiger partial charge in [0.15, 0.2) is 0 Å². The third kappa shape index (κ3) is 3.41. The number of hydrogen-bond acceptors (Lipinski definition) is 6. The van der Waals surface area contributed by atoms with Gasteiger partial charge in [-0.25, -0.2) is 0 Å². The SMILES string of the molecule is Clc1cncc(NCc2ccc3nccnc3c2)c1N1C=CC=NC=C1. The molecule has 6 nitrogen and oxygen atoms in total. The molecule has 7 heteroatoms. The molecule has 1 aliphatic heterocycles. The van der Waals surface area contributed by atoms with E-state index in [-0.39, 0.29) is 0 Å². The van der Waals surface area contributed by atoms with Crippen molar-refractivity contribution in [2.45, 2.75) is 6.54 Å². The van der Waals surface area contributed by atoms with Gasteiger partial charge in [-0.3, -0.25) is 19.9 Å². The average Bonchev–Trinajstić information content (AvgIpc) is 2.95. The van der Waals surface area contributed by atoms with Gasteiger partial charge in [0.25, 0.3) is 0 Å². The van der Waals surface area contributed by atoms with Crippen molar-refractivity contribution < 1.29 is 0 Å². The molecule has 0 radical (unpaired) electrons. The number of benzene rings is 1. The highest BCUT2D eigenvalue weighted by Crippen LogP contribution is 2.34. The lowest BCUT2D eigenvalue weighted by molar-refractivity contribution is 1.12. The Morgan fingerprint density at radius 3 is 2.85 bits per heavy atom. The zero-order valence-electron chi connectivity index (χ0n) is 13.7. The molecule has 0 spiro atoms. The summed E-state index contributed by atoms with van der Waals surface area (Å²) in [6.45, 7) is 0.610. The maximum atomic E-state index is 6.40. The first-order chi connectivity index (χ1) is 12.8. The van der Waals surface area contributed by atoms with E-state index in [1.807, 2.05) is 41.6 Å². The molecular weight excluding hydrogens is 348 g/mol. The average molecular weight is 363 g/mol. The lowest BCUT2D eigenvalue weighted by atomic mass is 10.2. The van der Waals surface area contributed by atoms with Crippen LogP contribution in [0.1, 0.15) is 5.56 Å². The molecule has 128 valence electrons. The van der Waals surface area contributed by atoms with Gasteiger partial charge in [0.05, 0.1) is 33.6 Å². The molecule has 1 aromatic carbocycles. The number of allylic oxidation sites excluding steroid dienone is 1. The molecule has 0 atom stereocenters. The topological polar surface area (TPSA) is 66.3 Å². The Kier molecular flexibility index (Phi) is 4.57. The molecule has 0 unspecified atom stereocenters. The Bertz CT molecular complexity index is 1010. The van der Waals surface area contributed by atoms with Crippen molar-refractivity contribution in [2.75, 3.05) is 10.2 Å². The quantitative estimate of drug-likeness (QED) is 0.754. The summed E-state index contributed by atoms with van der Waals surface area (Å²) in [5.41, 5.74) is 4.48. The zero-order valence-corrected chi connectivity index (χ0v) is 14.5. The van der Waals surface area contributed by atoms with Crippen molar-refractivity contribution in [3.8, 4) is 0 Å². The molecule has 0 fully saturated rings. The van der Waals surface area contributed by atoms with Gasteiger partial charge in [-0.2, -0.15) is 0 Å². The highest BCUT2D eigenvalue weighted by atomic mass is 35.5. The number of hydrogen-bond donors (Lipinski definition) is 1. The number of anilines is 2. The van der Waals surface area contributed by atoms with E-state index in [2.05, 4.69) is 25.3 Å². The lowest BCUT2D eigenvalue weighted by Gasteiger charge is -2.20. The van der Waals surface area contributed by atoms with Gasteiger partial charge in [-0.1, -0.05) is 17.7 Å². The van der Waals surface area contributed by atoms with Crippen LogP contribution in [0.3, 0.4) is 0 Å². The monoisotopic (exact) mass is 362 g/mol. The van der Waals surface area contributed by atoms with Crippen molar-refractivity contribution in [3.05, 3.63) is 78.2 Å². The van der Waals surface area contributed by atoms with Gasteiger partial charge in [-0.05, 0) is 23.8 Å². The number of halogens is 1. The van der Waals surface area contributed by atoms with Crippen LogP contribution in [-0.2, 0) is 6.54 Å². The van der Waals surface area contributed by atoms with Crippen molar-refractivity contribution in [1.29, 1.82) is 0 Å². The van der Waals surface area contributed by atoms with Crippen LogP contribution in [0.25, 0.3) is 11.0 Å². The Morgan fingerprint density at radius 2 is 1.92 bits per heavy atom. The van der Waals surface area contributed by atoms with Crippen LogP contribution in [0.15, 0.2) is 72.7 Å². The van der Waals surface area contributed by atoms with E-state index < -0.39 is 0 Å². The number of aliphatic imine (C=N–C) groups is 1. The highest BCUT2D eigenvalue weighted by Gasteiger charge is 2.13. The fraction of sp³-hybridized carbons (Fsp3) is 0.0526. The summed E-state index contributed by atoms with van der Waals surface area (Å²) in [6, 6.07) is 6.02. The minimum atomic E-state index is 0.551. The molecular formula is C19H15ClN6. The predicted molar refractivity (Wildman–Crippen MR) is 105 cm³/mol. The summed E-state index contributed by atoms with van der Waals surface area (Å²) in [5.74, 6) is 0. The fourth-order valence-electron chi connectivity index (χ4n) is 2.68. The molecule has 3 heterocycles. The summed E-state index contributed by atoms with van der Waals surface area (Å²) in [7, 11) is 0. The number of nitrogens with zero attached hydrogens (tertiary/aromatic N) is 5. The van der Waals surface area contributed by atoms with Crippen LogP contribution in [0.2, 0.25) is 5.02 Å². The second-order valence-corrected chi connectivity index (χ2v) is 6.00. The Hall–Kier alpha value is -3.25. The van der Waals surface area contributed by atoms with Crippen LogP contribution < -0.4 is 10.2 Å². The van der Waals surface area contributed by atoms with Gasteiger partial charge >= 0.3 is 0 Å². The first-order valence-corrected chi connectivity index (χ1v) is 8.41. The Balaban J connectivity index is 1.60. The number of aromatic nitrogens is 3. The zero-order chi connectivity index (χ0) is 17.8. The second kappa shape index (κ2) is 7.33. The third-order valence-corrected chi connectivity index (χ3v) is 4.16. The molecule has 4 rings (SSSR count). The normalized spacial score (nSPS) is 13.2. The first-order valence-electron chi connectivity index (χ1n) is 8.03. The fourth-order valence-corrected chi connectivity index (χ4v) is 2.93. The molecule has 0 saturated carbocycles. The van der Waals surface area contributed by atoms with Crippen LogP contribution in [-0.4, -0.2) is 21.2 Å². The molecule has 2 aromatic heterocycles. The van der Waals surface area contributed by atoms with Gasteiger partial charge in [0.1, 0.15) is 0 Å². The minimum Gasteiger partial charge on any atom is -0.378 e. The standard InChI is InChI=1S/C19H15ClN6/c20-15-12-22-13-18(19(15)26-8-1-4-21-7-9-26)25-11-14-2-3-16-17(10-14)24-6-5-23-16/h1-10,12-13,25H,11H2. The van der Waals surface area contributed by atoms with Gasteiger partial charge < -0.3 is 10.2 Å². The summed E-state index contributed by atoms with van der Waals surface area (Å²) in [4.78, 5) is 18.9. The third-order valence-electron chi connectivity index (χ3n) is 3.88. The summed E-state index contributed by atoms with van der Waals surface area (Å²) < 4.78 is 0. The first kappa shape index (κ1) is 16.2. The molecule has 3 aromatic rings. The van der Waals surface area contributed by atoms with E-state index in [9.17, 15) is 0 Å². The van der Waals surface area contributed by atoms with E-state index >= 15 is 0 Å². The Morgan fingerprint density at radius 1 is 1.04 bits per heavy atom. The van der Waals surface area contributed by atoms with Crippen molar-refractivity contribution in [3.63, 3.8) is 0 Å². The van der Waals surface area contributed by atoms with Crippen LogP contribution in [0.5, 0.6) is 0 Å². The molecule has 0 aliphatic carbocycles. The molecule has 0 bridgehead atoms. The van der Waals surface area contributed by atoms with Crippen LogP contribution in [0, 0.1) is 0 Å². The summed E-state index contributed by atoms with van der Waals surface area (Å²) in [6.07, 6.45) is 15.8. The van der Waals surface area contributed by atoms with E-state index in [0.29, 0.717) is 11.6 Å². The van der Waals surface area contributed by atoms with Crippen molar-refractivity contribution >= 4 is 40.2 Å². The number of pyridine rings is 1. The second-order valence-electron chi connectivity index (χ2n) is 5.60. The maximum absolute atomic E-state index is 6.40. The molecule has 0 amide bonds. The van der Waals surface area contributed by atoms with Crippen molar-refractivity contribution in [2.24, 2.45) is 4.99 Å². The summed E-state index contributed by atoms with van der Waals surface area (Å²) >= 11 is 6.40. The molecule has 1 N–H and O–H groups in total. The molecule has 0 saturated heterocycles. The smallest absolute Gasteiger partial charge is 0.0904 e. The van der Waals surface area contributed by atoms with E-state index in [1.165, 1.54) is 0 Å². The maximum Gasteiger partial charge on any atom is 0.0904 e. The van der Waals surface area contributed by atoms with Gasteiger partial charge in [-0.15, -0.1) is 0 Å². The van der Waals surface area contributed by atoms with Crippen molar-refractivity contribution in [1.82, 2.24) is 15.0 Å². The Labute approximate surface area is 155 Å². The van der Waals surface area contributed by atoms with Crippen LogP contribution in [0.4, 0.5) is 11.4 Å². The molecule has 1 aliphatic rings. The van der Waals surface area contributed by atoms with E-state index in [1.54, 1.807) is 37.2 Å². The van der Waals surface area contributed by atoms with Gasteiger partial charge in [0, 0.05) is 49.9 Å². The summed E-state index contributed by atoms with van der Waals surface area (Å²) in [5, 5.41) is 3.96. The highest BCUT2D eigenvalue weighted by molar-refractivity contribution is 6.34. The number of rotatable bonds is 4. The number of fused-ring (bicyclic) bond motifs is 1.